The maximum absolute atomic E-state index is 14.2. The summed E-state index contributed by atoms with van der Waals surface area (Å²) in [4.78, 5) is 18.7. The summed E-state index contributed by atoms with van der Waals surface area (Å²) in [5.41, 5.74) is 1.75. The molecule has 1 aliphatic carbocycles. The van der Waals surface area contributed by atoms with Gasteiger partial charge in [0, 0.05) is 42.6 Å². The minimum absolute atomic E-state index is 0.129. The molecule has 2 aliphatic heterocycles. The van der Waals surface area contributed by atoms with Gasteiger partial charge in [0.25, 0.3) is 0 Å². The van der Waals surface area contributed by atoms with Gasteiger partial charge in [-0.25, -0.2) is 9.37 Å². The SMILES string of the molecule is O=C([O-])c1ccc2nc(CN3CCC(n4ccc(SCC5C=CC(Cl)=CC5F)n4)CC3)n(C[C@@H]3CCO3)c2c1. The molecule has 2 unspecified atom stereocenters. The Morgan fingerprint density at radius 1 is 1.23 bits per heavy atom. The highest BCUT2D eigenvalue weighted by atomic mass is 35.5. The van der Waals surface area contributed by atoms with Gasteiger partial charge < -0.3 is 19.2 Å². The number of nitrogens with zero attached hydrogens (tertiary/aromatic N) is 5. The zero-order valence-corrected chi connectivity index (χ0v) is 23.0. The molecule has 0 amide bonds. The number of thioether (sulfide) groups is 1. The summed E-state index contributed by atoms with van der Waals surface area (Å²) < 4.78 is 24.0. The van der Waals surface area contributed by atoms with Crippen LogP contribution in [0.15, 0.2) is 58.7 Å². The lowest BCUT2D eigenvalue weighted by Gasteiger charge is -2.32. The number of carbonyl (C=O) groups excluding carboxylic acids is 1. The van der Waals surface area contributed by atoms with Gasteiger partial charge in [-0.1, -0.05) is 23.7 Å². The molecular weight excluding hydrogens is 541 g/mol. The van der Waals surface area contributed by atoms with Crippen molar-refractivity contribution in [2.75, 3.05) is 25.4 Å². The second-order valence-corrected chi connectivity index (χ2v) is 11.9. The lowest BCUT2D eigenvalue weighted by Crippen LogP contribution is -2.36. The van der Waals surface area contributed by atoms with Crippen molar-refractivity contribution >= 4 is 40.4 Å². The Morgan fingerprint density at radius 3 is 2.77 bits per heavy atom. The van der Waals surface area contributed by atoms with Crippen LogP contribution < -0.4 is 5.11 Å². The molecule has 0 bridgehead atoms. The van der Waals surface area contributed by atoms with Crippen molar-refractivity contribution in [2.45, 2.75) is 55.7 Å². The Bertz CT molecular complexity index is 1410. The number of hydrogen-bond acceptors (Lipinski definition) is 7. The number of likely N-dealkylation sites (tertiary alicyclic amines) is 1. The molecule has 2 saturated heterocycles. The van der Waals surface area contributed by atoms with Crippen molar-refractivity contribution in [3.05, 3.63) is 65.1 Å². The molecule has 3 aliphatic rings. The molecule has 1 aromatic carbocycles. The van der Waals surface area contributed by atoms with Gasteiger partial charge >= 0.3 is 0 Å². The van der Waals surface area contributed by atoms with E-state index in [-0.39, 0.29) is 17.6 Å². The van der Waals surface area contributed by atoms with E-state index < -0.39 is 12.1 Å². The number of benzene rings is 1. The number of aromatic carboxylic acids is 1. The van der Waals surface area contributed by atoms with Gasteiger partial charge in [-0.3, -0.25) is 9.58 Å². The minimum atomic E-state index is -1.19. The molecule has 0 radical (unpaired) electrons. The van der Waals surface area contributed by atoms with E-state index in [1.54, 1.807) is 36.0 Å². The summed E-state index contributed by atoms with van der Waals surface area (Å²) in [7, 11) is 0. The second-order valence-electron chi connectivity index (χ2n) is 10.4. The number of allylic oxidation sites excluding steroid dienone is 4. The molecule has 0 saturated carbocycles. The summed E-state index contributed by atoms with van der Waals surface area (Å²) in [6.07, 6.45) is 9.07. The average Bonchev–Trinajstić information content (AvgIpc) is 3.50. The molecule has 4 heterocycles. The first-order valence-electron chi connectivity index (χ1n) is 13.3. The number of hydrogen-bond donors (Lipinski definition) is 0. The van der Waals surface area contributed by atoms with Crippen molar-refractivity contribution in [1.29, 1.82) is 0 Å². The highest BCUT2D eigenvalue weighted by Crippen LogP contribution is 2.30. The topological polar surface area (TPSA) is 88.2 Å². The molecule has 3 aromatic rings. The van der Waals surface area contributed by atoms with Gasteiger partial charge in [0.2, 0.25) is 0 Å². The fourth-order valence-electron chi connectivity index (χ4n) is 5.38. The highest BCUT2D eigenvalue weighted by molar-refractivity contribution is 7.99. The smallest absolute Gasteiger partial charge is 0.127 e. The van der Waals surface area contributed by atoms with Crippen LogP contribution in [0.3, 0.4) is 0 Å². The summed E-state index contributed by atoms with van der Waals surface area (Å²) in [5.74, 6) is 0.156. The van der Waals surface area contributed by atoms with Gasteiger partial charge in [0.1, 0.15) is 17.0 Å². The molecule has 206 valence electrons. The Balaban J connectivity index is 1.07. The van der Waals surface area contributed by atoms with Gasteiger partial charge in [-0.15, -0.1) is 11.8 Å². The number of piperidine rings is 1. The molecule has 6 rings (SSSR count). The number of imidazole rings is 1. The third-order valence-corrected chi connectivity index (χ3v) is 9.09. The number of carboxylic acids is 1. The summed E-state index contributed by atoms with van der Waals surface area (Å²) in [6.45, 7) is 3.93. The van der Waals surface area contributed by atoms with E-state index in [9.17, 15) is 14.3 Å². The number of carboxylic acid groups (broad SMARTS) is 1. The lowest BCUT2D eigenvalue weighted by atomic mass is 10.0. The number of fused-ring (bicyclic) bond motifs is 1. The van der Waals surface area contributed by atoms with Crippen molar-refractivity contribution in [3.63, 3.8) is 0 Å². The predicted molar refractivity (Wildman–Crippen MR) is 146 cm³/mol. The van der Waals surface area contributed by atoms with Crippen LogP contribution in [-0.2, 0) is 17.8 Å². The van der Waals surface area contributed by atoms with E-state index in [0.717, 1.165) is 60.8 Å². The molecule has 0 N–H and O–H groups in total. The third kappa shape index (κ3) is 5.94. The van der Waals surface area contributed by atoms with Crippen LogP contribution in [0.2, 0.25) is 0 Å². The van der Waals surface area contributed by atoms with Crippen LogP contribution in [0.25, 0.3) is 11.0 Å². The number of ether oxygens (including phenoxy) is 1. The van der Waals surface area contributed by atoms with E-state index in [4.69, 9.17) is 26.4 Å². The van der Waals surface area contributed by atoms with Crippen LogP contribution in [0.4, 0.5) is 4.39 Å². The van der Waals surface area contributed by atoms with E-state index in [1.165, 1.54) is 6.08 Å². The first-order valence-corrected chi connectivity index (χ1v) is 14.7. The standard InChI is InChI=1S/C28H31ClFN5O3S/c29-20-3-1-19(23(30)14-20)17-39-27-7-11-35(32-27)21-5-9-33(10-6-21)16-26-31-24-4-2-18(28(36)37)13-25(24)34(26)15-22-8-12-38-22/h1-4,7,11,13-14,19,21-23H,5-6,8-10,12,15-17H2,(H,36,37)/p-1/t19?,22-,23?/m0/s1. The van der Waals surface area contributed by atoms with Gasteiger partial charge in [-0.05, 0) is 55.2 Å². The zero-order chi connectivity index (χ0) is 26.9. The molecule has 3 atom stereocenters. The fourth-order valence-corrected chi connectivity index (χ4v) is 6.54. The van der Waals surface area contributed by atoms with Crippen LogP contribution in [0.5, 0.6) is 0 Å². The summed E-state index contributed by atoms with van der Waals surface area (Å²) in [5, 5.41) is 17.6. The Labute approximate surface area is 235 Å². The van der Waals surface area contributed by atoms with E-state index in [2.05, 4.69) is 9.47 Å². The Kier molecular flexibility index (Phi) is 7.79. The molecule has 39 heavy (non-hydrogen) atoms. The fraction of sp³-hybridized carbons (Fsp3) is 0.464. The van der Waals surface area contributed by atoms with Crippen LogP contribution >= 0.6 is 23.4 Å². The largest absolute Gasteiger partial charge is 0.545 e. The monoisotopic (exact) mass is 570 g/mol. The van der Waals surface area contributed by atoms with Crippen LogP contribution in [-0.4, -0.2) is 67.9 Å². The van der Waals surface area contributed by atoms with Crippen molar-refractivity contribution in [1.82, 2.24) is 24.2 Å². The Hall–Kier alpha value is -2.66. The first kappa shape index (κ1) is 26.6. The normalized spacial score (nSPS) is 24.2. The van der Waals surface area contributed by atoms with Crippen LogP contribution in [0.1, 0.15) is 41.5 Å². The van der Waals surface area contributed by atoms with Gasteiger partial charge in [0.15, 0.2) is 0 Å². The van der Waals surface area contributed by atoms with Gasteiger partial charge in [-0.2, -0.15) is 5.10 Å². The molecule has 2 fully saturated rings. The third-order valence-electron chi connectivity index (χ3n) is 7.78. The molecule has 0 spiro atoms. The number of alkyl halides is 1. The quantitative estimate of drug-likeness (QED) is 0.360. The maximum atomic E-state index is 14.2. The van der Waals surface area contributed by atoms with Crippen molar-refractivity contribution < 1.29 is 19.0 Å². The average molecular weight is 571 g/mol. The maximum Gasteiger partial charge on any atom is 0.127 e. The van der Waals surface area contributed by atoms with Crippen LogP contribution in [0, 0.1) is 5.92 Å². The number of carbonyl (C=O) groups is 1. The van der Waals surface area contributed by atoms with Crippen molar-refractivity contribution in [2.24, 2.45) is 5.92 Å². The minimum Gasteiger partial charge on any atom is -0.545 e. The van der Waals surface area contributed by atoms with E-state index >= 15 is 0 Å². The number of halogens is 2. The summed E-state index contributed by atoms with van der Waals surface area (Å²) >= 11 is 7.46. The number of rotatable bonds is 9. The van der Waals surface area contributed by atoms with Crippen molar-refractivity contribution in [3.8, 4) is 0 Å². The molecule has 11 heteroatoms. The highest BCUT2D eigenvalue weighted by Gasteiger charge is 2.26. The van der Waals surface area contributed by atoms with E-state index in [0.29, 0.717) is 29.9 Å². The molecular formula is C28H30ClFN5O3S-. The summed E-state index contributed by atoms with van der Waals surface area (Å²) in [6, 6.07) is 7.28. The zero-order valence-electron chi connectivity index (χ0n) is 21.4. The first-order chi connectivity index (χ1) is 18.9. The van der Waals surface area contributed by atoms with Gasteiger partial charge in [0.05, 0.1) is 42.2 Å². The Morgan fingerprint density at radius 2 is 2.05 bits per heavy atom. The predicted octanol–water partition coefficient (Wildman–Crippen LogP) is 3.96. The number of aromatic nitrogens is 4. The second kappa shape index (κ2) is 11.4. The molecule has 8 nitrogen and oxygen atoms in total. The lowest BCUT2D eigenvalue weighted by molar-refractivity contribution is -0.255. The molecule has 2 aromatic heterocycles. The van der Waals surface area contributed by atoms with E-state index in [1.807, 2.05) is 23.0 Å².